The summed E-state index contributed by atoms with van der Waals surface area (Å²) < 4.78 is 36.3. The monoisotopic (exact) mass is 529 g/mol. The highest BCUT2D eigenvalue weighted by atomic mass is 35.5. The van der Waals surface area contributed by atoms with Crippen LogP contribution in [0.15, 0.2) is 21.8 Å². The Kier molecular flexibility index (Phi) is 7.17. The van der Waals surface area contributed by atoms with Gasteiger partial charge in [-0.3, -0.25) is 4.79 Å². The van der Waals surface area contributed by atoms with Gasteiger partial charge in [0.15, 0.2) is 0 Å². The van der Waals surface area contributed by atoms with Gasteiger partial charge in [0, 0.05) is 4.88 Å². The number of rotatable bonds is 7. The molecule has 0 fully saturated rings. The molecule has 0 unspecified atom stereocenters. The Hall–Kier alpha value is -2.28. The van der Waals surface area contributed by atoms with E-state index in [1.165, 1.54) is 11.3 Å². The number of anilines is 1. The number of fused-ring (bicyclic) bond motifs is 1. The van der Waals surface area contributed by atoms with E-state index in [0.717, 1.165) is 47.5 Å². The highest BCUT2D eigenvalue weighted by Gasteiger charge is 2.30. The number of aryl methyl sites for hydroxylation is 1. The summed E-state index contributed by atoms with van der Waals surface area (Å²) in [6.07, 6.45) is 4.51. The van der Waals surface area contributed by atoms with Gasteiger partial charge in [0.1, 0.15) is 10.8 Å². The fourth-order valence-corrected chi connectivity index (χ4v) is 6.68. The number of ether oxygens (including phenoxy) is 1. The molecule has 1 N–H and O–H groups in total. The van der Waals surface area contributed by atoms with Crippen LogP contribution in [0.3, 0.4) is 0 Å². The van der Waals surface area contributed by atoms with Crippen LogP contribution in [-0.2, 0) is 32.2 Å². The van der Waals surface area contributed by atoms with Crippen molar-refractivity contribution in [2.45, 2.75) is 44.3 Å². The zero-order chi connectivity index (χ0) is 23.6. The maximum absolute atomic E-state index is 12.7. The number of carbonyl (C=O) groups is 2. The van der Waals surface area contributed by atoms with Crippen molar-refractivity contribution in [3.8, 4) is 10.8 Å². The summed E-state index contributed by atoms with van der Waals surface area (Å²) in [4.78, 5) is 26.8. The second-order valence-corrected chi connectivity index (χ2v) is 12.0. The summed E-state index contributed by atoms with van der Waals surface area (Å²) in [7, 11) is -4.20. The highest BCUT2D eigenvalue weighted by Crippen LogP contribution is 2.38. The van der Waals surface area contributed by atoms with Crippen LogP contribution in [0, 0.1) is 0 Å². The summed E-state index contributed by atoms with van der Waals surface area (Å²) in [5, 5.41) is 9.54. The van der Waals surface area contributed by atoms with Crippen LogP contribution in [0.4, 0.5) is 5.00 Å². The largest absolute Gasteiger partial charge is 0.462 e. The number of hydrogen-bond acceptors (Lipinski definition) is 10. The van der Waals surface area contributed by atoms with Gasteiger partial charge in [-0.2, -0.15) is 0 Å². The molecule has 0 bridgehead atoms. The van der Waals surface area contributed by atoms with Gasteiger partial charge < -0.3 is 14.5 Å². The highest BCUT2D eigenvalue weighted by molar-refractivity contribution is 7.91. The summed E-state index contributed by atoms with van der Waals surface area (Å²) in [6.45, 7) is 1.90. The third-order valence-corrected chi connectivity index (χ3v) is 8.70. The lowest BCUT2D eigenvalue weighted by Gasteiger charge is -2.08. The Balaban J connectivity index is 1.54. The van der Waals surface area contributed by atoms with Crippen molar-refractivity contribution >= 4 is 61.0 Å². The normalized spacial score (nSPS) is 13.9. The van der Waals surface area contributed by atoms with Gasteiger partial charge in [0.05, 0.1) is 21.4 Å². The lowest BCUT2D eigenvalue weighted by molar-refractivity contribution is -0.113. The average molecular weight is 530 g/mol. The third kappa shape index (κ3) is 5.29. The molecule has 0 radical (unpaired) electrons. The molecular weight excluding hydrogens is 510 g/mol. The molecule has 0 saturated carbocycles. The van der Waals surface area contributed by atoms with Gasteiger partial charge in [-0.15, -0.1) is 27.8 Å². The fourth-order valence-electron chi connectivity index (χ4n) is 3.51. The molecule has 0 aromatic carbocycles. The molecule has 3 aromatic heterocycles. The first-order chi connectivity index (χ1) is 15.8. The molecule has 1 amide bonds. The number of aromatic nitrogens is 2. The summed E-state index contributed by atoms with van der Waals surface area (Å²) in [5.74, 6) is -2.25. The number of carbonyl (C=O) groups excluding carboxylic acids is 2. The van der Waals surface area contributed by atoms with Crippen LogP contribution < -0.4 is 5.32 Å². The Morgan fingerprint density at radius 3 is 2.70 bits per heavy atom. The second-order valence-electron chi connectivity index (χ2n) is 7.27. The SMILES string of the molecule is CCOC(=O)c1c(NC(=O)CS(=O)(=O)c2nnc(-c3ccc(Cl)s3)o2)sc2c1CCCCC2. The maximum atomic E-state index is 12.7. The number of sulfone groups is 1. The molecule has 3 aromatic rings. The Morgan fingerprint density at radius 1 is 1.18 bits per heavy atom. The van der Waals surface area contributed by atoms with E-state index in [1.807, 2.05) is 0 Å². The average Bonchev–Trinajstić information content (AvgIpc) is 3.44. The minimum Gasteiger partial charge on any atom is -0.462 e. The predicted octanol–water partition coefficient (Wildman–Crippen LogP) is 4.37. The Bertz CT molecular complexity index is 1290. The number of esters is 1. The first-order valence-electron chi connectivity index (χ1n) is 10.2. The minimum atomic E-state index is -4.20. The van der Waals surface area contributed by atoms with E-state index >= 15 is 0 Å². The van der Waals surface area contributed by atoms with Crippen molar-refractivity contribution in [1.82, 2.24) is 10.2 Å². The fraction of sp³-hybridized carbons (Fsp3) is 0.400. The molecule has 176 valence electrons. The van der Waals surface area contributed by atoms with E-state index in [2.05, 4.69) is 15.5 Å². The van der Waals surface area contributed by atoms with Crippen molar-refractivity contribution in [1.29, 1.82) is 0 Å². The van der Waals surface area contributed by atoms with E-state index in [1.54, 1.807) is 19.1 Å². The second kappa shape index (κ2) is 9.92. The maximum Gasteiger partial charge on any atom is 0.341 e. The molecule has 0 atom stereocenters. The molecule has 0 saturated heterocycles. The van der Waals surface area contributed by atoms with Gasteiger partial charge in [0.25, 0.3) is 5.89 Å². The van der Waals surface area contributed by atoms with Crippen molar-refractivity contribution in [3.63, 3.8) is 0 Å². The zero-order valence-corrected chi connectivity index (χ0v) is 20.8. The molecule has 4 rings (SSSR count). The first kappa shape index (κ1) is 23.9. The molecule has 0 aliphatic heterocycles. The van der Waals surface area contributed by atoms with Crippen LogP contribution in [-0.4, -0.2) is 42.9 Å². The number of hydrogen-bond donors (Lipinski definition) is 1. The van der Waals surface area contributed by atoms with Crippen LogP contribution in [0.1, 0.15) is 47.0 Å². The van der Waals surface area contributed by atoms with Gasteiger partial charge >= 0.3 is 11.2 Å². The minimum absolute atomic E-state index is 0.00234. The van der Waals surface area contributed by atoms with Crippen LogP contribution >= 0.6 is 34.3 Å². The first-order valence-corrected chi connectivity index (χ1v) is 13.9. The van der Waals surface area contributed by atoms with Gasteiger partial charge in [-0.25, -0.2) is 13.2 Å². The molecular formula is C20H20ClN3O6S3. The van der Waals surface area contributed by atoms with E-state index in [0.29, 0.717) is 26.2 Å². The van der Waals surface area contributed by atoms with Crippen molar-refractivity contribution in [2.24, 2.45) is 0 Å². The molecule has 1 aliphatic rings. The standard InChI is InChI=1S/C20H20ClN3O6S3/c1-2-29-19(26)16-11-6-4-3-5-7-12(11)32-18(16)22-15(25)10-33(27,28)20-24-23-17(30-20)13-8-9-14(21)31-13/h8-9H,2-7,10H2,1H3,(H,22,25). The number of nitrogens with one attached hydrogen (secondary N) is 1. The molecule has 13 heteroatoms. The van der Waals surface area contributed by atoms with Crippen LogP contribution in [0.25, 0.3) is 10.8 Å². The lowest BCUT2D eigenvalue weighted by atomic mass is 10.1. The molecule has 1 aliphatic carbocycles. The predicted molar refractivity (Wildman–Crippen MR) is 125 cm³/mol. The smallest absolute Gasteiger partial charge is 0.341 e. The molecule has 9 nitrogen and oxygen atoms in total. The quantitative estimate of drug-likeness (QED) is 0.353. The van der Waals surface area contributed by atoms with Crippen molar-refractivity contribution in [3.05, 3.63) is 32.5 Å². The number of nitrogens with zero attached hydrogens (tertiary/aromatic N) is 2. The van der Waals surface area contributed by atoms with E-state index in [-0.39, 0.29) is 12.5 Å². The van der Waals surface area contributed by atoms with Gasteiger partial charge in [-0.05, 0) is 50.3 Å². The summed E-state index contributed by atoms with van der Waals surface area (Å²) in [6, 6.07) is 3.25. The topological polar surface area (TPSA) is 128 Å². The summed E-state index contributed by atoms with van der Waals surface area (Å²) in [5.41, 5.74) is 1.20. The van der Waals surface area contributed by atoms with E-state index in [9.17, 15) is 18.0 Å². The van der Waals surface area contributed by atoms with Crippen molar-refractivity contribution < 1.29 is 27.2 Å². The van der Waals surface area contributed by atoms with Gasteiger partial charge in [-0.1, -0.05) is 23.1 Å². The molecule has 0 spiro atoms. The molecule has 33 heavy (non-hydrogen) atoms. The van der Waals surface area contributed by atoms with E-state index in [4.69, 9.17) is 20.8 Å². The van der Waals surface area contributed by atoms with E-state index < -0.39 is 32.7 Å². The number of thiophene rings is 2. The zero-order valence-electron chi connectivity index (χ0n) is 17.6. The summed E-state index contributed by atoms with van der Waals surface area (Å²) >= 11 is 8.33. The van der Waals surface area contributed by atoms with Gasteiger partial charge in [0.2, 0.25) is 15.7 Å². The number of halogens is 1. The van der Waals surface area contributed by atoms with Crippen molar-refractivity contribution in [2.75, 3.05) is 17.7 Å². The lowest BCUT2D eigenvalue weighted by Crippen LogP contribution is -2.24. The number of amides is 1. The Labute approximate surface area is 203 Å². The van der Waals surface area contributed by atoms with Crippen LogP contribution in [0.5, 0.6) is 0 Å². The Morgan fingerprint density at radius 2 is 1.97 bits per heavy atom. The van der Waals surface area contributed by atoms with Crippen LogP contribution in [0.2, 0.25) is 4.34 Å². The molecule has 3 heterocycles. The third-order valence-electron chi connectivity index (χ3n) is 4.93.